The highest BCUT2D eigenvalue weighted by molar-refractivity contribution is 5.97. The molecule has 3 aromatic carbocycles. The Kier molecular flexibility index (Phi) is 6.07. The lowest BCUT2D eigenvalue weighted by atomic mass is 10.1. The Morgan fingerprint density at radius 2 is 1.43 bits per heavy atom. The van der Waals surface area contributed by atoms with Crippen LogP contribution in [0.4, 0.5) is 0 Å². The number of benzene rings is 3. The van der Waals surface area contributed by atoms with E-state index in [1.54, 1.807) is 43.3 Å². The lowest BCUT2D eigenvalue weighted by Gasteiger charge is -2.13. The zero-order valence-electron chi connectivity index (χ0n) is 15.5. The predicted molar refractivity (Wildman–Crippen MR) is 107 cm³/mol. The summed E-state index contributed by atoms with van der Waals surface area (Å²) in [4.78, 5) is 23.8. The average Bonchev–Trinajstić information content (AvgIpc) is 2.72. The molecule has 0 fully saturated rings. The fourth-order valence-electron chi connectivity index (χ4n) is 2.60. The Hall–Kier alpha value is -3.60. The first kappa shape index (κ1) is 19.2. The van der Waals surface area contributed by atoms with Crippen molar-refractivity contribution >= 4 is 22.7 Å². The van der Waals surface area contributed by atoms with Gasteiger partial charge in [0.05, 0.1) is 5.56 Å². The molecule has 0 aromatic heterocycles. The van der Waals surface area contributed by atoms with E-state index in [9.17, 15) is 9.59 Å². The highest BCUT2D eigenvalue weighted by atomic mass is 16.6. The number of hydrogen-bond donors (Lipinski definition) is 0. The van der Waals surface area contributed by atoms with Gasteiger partial charge < -0.3 is 14.2 Å². The SMILES string of the molecule is C=C(C)C(=O)OCCOc1ccc(OC(=O)c2ccccc2)c2ccccc12. The van der Waals surface area contributed by atoms with Crippen LogP contribution in [-0.4, -0.2) is 25.2 Å². The van der Waals surface area contributed by atoms with Gasteiger partial charge in [0.2, 0.25) is 0 Å². The van der Waals surface area contributed by atoms with Gasteiger partial charge in [-0.15, -0.1) is 0 Å². The molecule has 0 spiro atoms. The van der Waals surface area contributed by atoms with Gasteiger partial charge in [-0.1, -0.05) is 49.0 Å². The average molecular weight is 376 g/mol. The van der Waals surface area contributed by atoms with Crippen molar-refractivity contribution in [2.24, 2.45) is 0 Å². The van der Waals surface area contributed by atoms with E-state index in [0.717, 1.165) is 10.8 Å². The number of ether oxygens (including phenoxy) is 3. The van der Waals surface area contributed by atoms with Gasteiger partial charge in [-0.2, -0.15) is 0 Å². The molecule has 3 rings (SSSR count). The summed E-state index contributed by atoms with van der Waals surface area (Å²) in [5.74, 6) is 0.190. The molecule has 0 amide bonds. The van der Waals surface area contributed by atoms with Gasteiger partial charge in [0, 0.05) is 16.3 Å². The topological polar surface area (TPSA) is 61.8 Å². The van der Waals surface area contributed by atoms with E-state index in [4.69, 9.17) is 14.2 Å². The molecule has 0 heterocycles. The summed E-state index contributed by atoms with van der Waals surface area (Å²) >= 11 is 0. The molecule has 5 heteroatoms. The molecule has 0 unspecified atom stereocenters. The second kappa shape index (κ2) is 8.86. The Balaban J connectivity index is 1.74. The molecule has 3 aromatic rings. The van der Waals surface area contributed by atoms with E-state index in [-0.39, 0.29) is 13.2 Å². The van der Waals surface area contributed by atoms with Crippen molar-refractivity contribution in [2.75, 3.05) is 13.2 Å². The van der Waals surface area contributed by atoms with Crippen LogP contribution in [0.2, 0.25) is 0 Å². The third-order valence-electron chi connectivity index (χ3n) is 3.98. The minimum absolute atomic E-state index is 0.116. The summed E-state index contributed by atoms with van der Waals surface area (Å²) in [6.45, 7) is 5.44. The van der Waals surface area contributed by atoms with Crippen LogP contribution in [0.3, 0.4) is 0 Å². The molecule has 28 heavy (non-hydrogen) atoms. The maximum atomic E-state index is 12.4. The third-order valence-corrected chi connectivity index (χ3v) is 3.98. The Morgan fingerprint density at radius 1 is 0.821 bits per heavy atom. The van der Waals surface area contributed by atoms with Crippen LogP contribution < -0.4 is 9.47 Å². The quantitative estimate of drug-likeness (QED) is 0.262. The number of hydrogen-bond acceptors (Lipinski definition) is 5. The molecule has 0 atom stereocenters. The second-order valence-electron chi connectivity index (χ2n) is 6.13. The lowest BCUT2D eigenvalue weighted by Crippen LogP contribution is -2.12. The smallest absolute Gasteiger partial charge is 0.343 e. The molecule has 0 N–H and O–H groups in total. The monoisotopic (exact) mass is 376 g/mol. The predicted octanol–water partition coefficient (Wildman–Crippen LogP) is 4.56. The van der Waals surface area contributed by atoms with Crippen LogP contribution in [0.25, 0.3) is 10.8 Å². The Labute approximate surface area is 163 Å². The van der Waals surface area contributed by atoms with E-state index in [2.05, 4.69) is 6.58 Å². The maximum absolute atomic E-state index is 12.4. The van der Waals surface area contributed by atoms with Crippen molar-refractivity contribution in [1.29, 1.82) is 0 Å². The van der Waals surface area contributed by atoms with Gasteiger partial charge >= 0.3 is 11.9 Å². The molecule has 0 bridgehead atoms. The van der Waals surface area contributed by atoms with E-state index >= 15 is 0 Å². The van der Waals surface area contributed by atoms with Gasteiger partial charge in [-0.25, -0.2) is 9.59 Å². The fraction of sp³-hybridized carbons (Fsp3) is 0.130. The van der Waals surface area contributed by atoms with Gasteiger partial charge in [0.1, 0.15) is 24.7 Å². The molecule has 0 saturated carbocycles. The van der Waals surface area contributed by atoms with Gasteiger partial charge in [-0.05, 0) is 31.2 Å². The molecular formula is C23H20O5. The van der Waals surface area contributed by atoms with Crippen LogP contribution in [0.15, 0.2) is 78.9 Å². The summed E-state index contributed by atoms with van der Waals surface area (Å²) in [6.07, 6.45) is 0. The summed E-state index contributed by atoms with van der Waals surface area (Å²) in [6, 6.07) is 19.7. The Morgan fingerprint density at radius 3 is 2.11 bits per heavy atom. The molecular weight excluding hydrogens is 356 g/mol. The summed E-state index contributed by atoms with van der Waals surface area (Å²) < 4.78 is 16.4. The fourth-order valence-corrected chi connectivity index (χ4v) is 2.60. The first-order chi connectivity index (χ1) is 13.6. The molecule has 0 aliphatic heterocycles. The largest absolute Gasteiger partial charge is 0.489 e. The van der Waals surface area contributed by atoms with Crippen LogP contribution in [0.5, 0.6) is 11.5 Å². The summed E-state index contributed by atoms with van der Waals surface area (Å²) in [5, 5.41) is 1.55. The minimum Gasteiger partial charge on any atom is -0.489 e. The van der Waals surface area contributed by atoms with Crippen molar-refractivity contribution in [3.8, 4) is 11.5 Å². The van der Waals surface area contributed by atoms with Crippen molar-refractivity contribution in [3.63, 3.8) is 0 Å². The number of esters is 2. The molecule has 0 aliphatic rings. The number of fused-ring (bicyclic) bond motifs is 1. The molecule has 0 aliphatic carbocycles. The van der Waals surface area contributed by atoms with Crippen molar-refractivity contribution in [2.45, 2.75) is 6.92 Å². The first-order valence-corrected chi connectivity index (χ1v) is 8.80. The highest BCUT2D eigenvalue weighted by Gasteiger charge is 2.13. The van der Waals surface area contributed by atoms with E-state index in [0.29, 0.717) is 22.6 Å². The van der Waals surface area contributed by atoms with Gasteiger partial charge in [0.15, 0.2) is 0 Å². The minimum atomic E-state index is -0.448. The Bertz CT molecular complexity index is 1010. The zero-order valence-corrected chi connectivity index (χ0v) is 15.5. The maximum Gasteiger partial charge on any atom is 0.343 e. The van der Waals surface area contributed by atoms with Crippen LogP contribution in [0, 0.1) is 0 Å². The van der Waals surface area contributed by atoms with Crippen molar-refractivity contribution in [3.05, 3.63) is 84.4 Å². The van der Waals surface area contributed by atoms with Gasteiger partial charge in [-0.3, -0.25) is 0 Å². The van der Waals surface area contributed by atoms with E-state index in [1.807, 2.05) is 30.3 Å². The van der Waals surface area contributed by atoms with Crippen molar-refractivity contribution in [1.82, 2.24) is 0 Å². The zero-order chi connectivity index (χ0) is 19.9. The standard InChI is InChI=1S/C23H20O5/c1-16(2)22(24)27-15-14-26-20-12-13-21(19-11-7-6-10-18(19)20)28-23(25)17-8-4-3-5-9-17/h3-13H,1,14-15H2,2H3. The number of rotatable bonds is 7. The molecule has 5 nitrogen and oxygen atoms in total. The molecule has 142 valence electrons. The molecule has 0 radical (unpaired) electrons. The first-order valence-electron chi connectivity index (χ1n) is 8.80. The number of carbonyl (C=O) groups is 2. The lowest BCUT2D eigenvalue weighted by molar-refractivity contribution is -0.139. The van der Waals surface area contributed by atoms with Gasteiger partial charge in [0.25, 0.3) is 0 Å². The van der Waals surface area contributed by atoms with Crippen LogP contribution in [0.1, 0.15) is 17.3 Å². The van der Waals surface area contributed by atoms with Crippen molar-refractivity contribution < 1.29 is 23.8 Å². The van der Waals surface area contributed by atoms with Crippen LogP contribution >= 0.6 is 0 Å². The third kappa shape index (κ3) is 4.57. The summed E-state index contributed by atoms with van der Waals surface area (Å²) in [5.41, 5.74) is 0.821. The second-order valence-corrected chi connectivity index (χ2v) is 6.13. The highest BCUT2D eigenvalue weighted by Crippen LogP contribution is 2.33. The van der Waals surface area contributed by atoms with Crippen LogP contribution in [-0.2, 0) is 9.53 Å². The van der Waals surface area contributed by atoms with E-state index in [1.165, 1.54) is 0 Å². The number of carbonyl (C=O) groups excluding carboxylic acids is 2. The molecule has 0 saturated heterocycles. The normalized spacial score (nSPS) is 10.3. The summed E-state index contributed by atoms with van der Waals surface area (Å²) in [7, 11) is 0. The van der Waals surface area contributed by atoms with E-state index < -0.39 is 11.9 Å².